The van der Waals surface area contributed by atoms with E-state index in [1.165, 1.54) is 17.3 Å². The van der Waals surface area contributed by atoms with Crippen molar-refractivity contribution in [3.8, 4) is 10.4 Å². The maximum absolute atomic E-state index is 12.6. The molecule has 0 radical (unpaired) electrons. The average Bonchev–Trinajstić information content (AvgIpc) is 3.15. The highest BCUT2D eigenvalue weighted by molar-refractivity contribution is 8.00. The lowest BCUT2D eigenvalue weighted by Crippen LogP contribution is -2.16. The van der Waals surface area contributed by atoms with Gasteiger partial charge in [0.2, 0.25) is 5.91 Å². The van der Waals surface area contributed by atoms with Gasteiger partial charge in [0.05, 0.1) is 5.75 Å². The van der Waals surface area contributed by atoms with Gasteiger partial charge in [-0.25, -0.2) is 9.97 Å². The summed E-state index contributed by atoms with van der Waals surface area (Å²) in [6, 6.07) is 16.5. The Kier molecular flexibility index (Phi) is 5.65. The van der Waals surface area contributed by atoms with Crippen molar-refractivity contribution in [2.75, 3.05) is 11.1 Å². The topological polar surface area (TPSA) is 54.9 Å². The first-order valence-corrected chi connectivity index (χ1v) is 11.1. The number of nitrogens with one attached hydrogen (secondary N) is 1. The molecule has 4 rings (SSSR count). The van der Waals surface area contributed by atoms with Crippen molar-refractivity contribution in [1.82, 2.24) is 9.97 Å². The molecular formula is C23H21N3OS2. The molecule has 0 saturated heterocycles. The molecule has 2 heterocycles. The molecule has 29 heavy (non-hydrogen) atoms. The summed E-state index contributed by atoms with van der Waals surface area (Å²) in [5, 5.41) is 4.89. The molecule has 0 saturated carbocycles. The minimum atomic E-state index is -0.0321. The van der Waals surface area contributed by atoms with Crippen LogP contribution in [0.3, 0.4) is 0 Å². The number of fused-ring (bicyclic) bond motifs is 1. The maximum Gasteiger partial charge on any atom is 0.234 e. The number of hydrogen-bond donors (Lipinski definition) is 1. The Bertz CT molecular complexity index is 1160. The minimum absolute atomic E-state index is 0.0321. The number of amides is 1. The molecule has 0 spiro atoms. The first-order valence-electron chi connectivity index (χ1n) is 9.32. The molecule has 0 aliphatic heterocycles. The van der Waals surface area contributed by atoms with Crippen molar-refractivity contribution in [3.63, 3.8) is 0 Å². The molecule has 4 aromatic rings. The molecular weight excluding hydrogens is 398 g/mol. The minimum Gasteiger partial charge on any atom is -0.325 e. The summed E-state index contributed by atoms with van der Waals surface area (Å²) in [6.07, 6.45) is 1.57. The fourth-order valence-corrected chi connectivity index (χ4v) is 5.22. The Morgan fingerprint density at radius 1 is 1.03 bits per heavy atom. The molecule has 4 nitrogen and oxygen atoms in total. The van der Waals surface area contributed by atoms with Crippen LogP contribution in [0.1, 0.15) is 16.7 Å². The number of thioether (sulfide) groups is 1. The van der Waals surface area contributed by atoms with Crippen LogP contribution in [-0.2, 0) is 4.79 Å². The van der Waals surface area contributed by atoms with E-state index in [1.54, 1.807) is 17.7 Å². The lowest BCUT2D eigenvalue weighted by molar-refractivity contribution is -0.113. The van der Waals surface area contributed by atoms with Gasteiger partial charge in [0.1, 0.15) is 16.2 Å². The van der Waals surface area contributed by atoms with E-state index in [4.69, 9.17) is 0 Å². The molecule has 1 N–H and O–H groups in total. The predicted octanol–water partition coefficient (Wildman–Crippen LogP) is 6.01. The fourth-order valence-electron chi connectivity index (χ4n) is 3.38. The van der Waals surface area contributed by atoms with Crippen LogP contribution in [0.4, 0.5) is 5.69 Å². The fraction of sp³-hybridized carbons (Fsp3) is 0.174. The van der Waals surface area contributed by atoms with Gasteiger partial charge < -0.3 is 5.32 Å². The molecule has 0 fully saturated rings. The molecule has 2 aromatic heterocycles. The van der Waals surface area contributed by atoms with E-state index < -0.39 is 0 Å². The van der Waals surface area contributed by atoms with Crippen molar-refractivity contribution in [1.29, 1.82) is 0 Å². The maximum atomic E-state index is 12.6. The van der Waals surface area contributed by atoms with Crippen LogP contribution in [0.25, 0.3) is 20.7 Å². The Morgan fingerprint density at radius 2 is 1.76 bits per heavy atom. The van der Waals surface area contributed by atoms with Gasteiger partial charge in [-0.1, -0.05) is 59.8 Å². The van der Waals surface area contributed by atoms with E-state index in [1.807, 2.05) is 32.0 Å². The van der Waals surface area contributed by atoms with Gasteiger partial charge in [-0.15, -0.1) is 11.3 Å². The highest BCUT2D eigenvalue weighted by Crippen LogP contribution is 2.36. The number of thiophene rings is 1. The van der Waals surface area contributed by atoms with Crippen molar-refractivity contribution in [3.05, 3.63) is 71.5 Å². The van der Waals surface area contributed by atoms with Crippen LogP contribution in [0, 0.1) is 20.8 Å². The number of hydrogen-bond acceptors (Lipinski definition) is 5. The third-order valence-electron chi connectivity index (χ3n) is 4.63. The van der Waals surface area contributed by atoms with Crippen LogP contribution in [0.5, 0.6) is 0 Å². The van der Waals surface area contributed by atoms with Crippen LogP contribution >= 0.6 is 23.1 Å². The number of rotatable bonds is 5. The van der Waals surface area contributed by atoms with Crippen molar-refractivity contribution >= 4 is 44.9 Å². The number of anilines is 1. The second-order valence-corrected chi connectivity index (χ2v) is 8.98. The molecule has 0 aliphatic rings. The van der Waals surface area contributed by atoms with Crippen molar-refractivity contribution in [2.24, 2.45) is 0 Å². The standard InChI is InChI=1S/C23H21N3OS2/c1-14-9-15(2)21(16(3)10-14)26-20(27)12-28-22-18-11-19(17-7-5-4-6-8-17)29-23(18)25-13-24-22/h4-11,13H,12H2,1-3H3,(H,26,27). The van der Waals surface area contributed by atoms with Crippen molar-refractivity contribution < 1.29 is 4.79 Å². The average molecular weight is 420 g/mol. The first-order chi connectivity index (χ1) is 14.0. The van der Waals surface area contributed by atoms with Gasteiger partial charge >= 0.3 is 0 Å². The molecule has 0 aliphatic carbocycles. The summed E-state index contributed by atoms with van der Waals surface area (Å²) >= 11 is 3.09. The lowest BCUT2D eigenvalue weighted by atomic mass is 10.1. The monoisotopic (exact) mass is 419 g/mol. The molecule has 0 bridgehead atoms. The van der Waals surface area contributed by atoms with Gasteiger partial charge in [0.25, 0.3) is 0 Å². The third kappa shape index (κ3) is 4.33. The number of aryl methyl sites for hydroxylation is 3. The predicted molar refractivity (Wildman–Crippen MR) is 123 cm³/mol. The highest BCUT2D eigenvalue weighted by Gasteiger charge is 2.13. The van der Waals surface area contributed by atoms with Crippen LogP contribution in [-0.4, -0.2) is 21.6 Å². The second-order valence-electron chi connectivity index (χ2n) is 6.98. The van der Waals surface area contributed by atoms with Crippen LogP contribution in [0.15, 0.2) is 59.9 Å². The smallest absolute Gasteiger partial charge is 0.234 e. The second kappa shape index (κ2) is 8.35. The normalized spacial score (nSPS) is 11.0. The van der Waals surface area contributed by atoms with E-state index in [-0.39, 0.29) is 5.91 Å². The highest BCUT2D eigenvalue weighted by atomic mass is 32.2. The number of aromatic nitrogens is 2. The van der Waals surface area contributed by atoms with Crippen LogP contribution < -0.4 is 5.32 Å². The van der Waals surface area contributed by atoms with Gasteiger partial charge in [0.15, 0.2) is 0 Å². The number of nitrogens with zero attached hydrogens (tertiary/aromatic N) is 2. The van der Waals surface area contributed by atoms with Gasteiger partial charge in [-0.3, -0.25) is 4.79 Å². The van der Waals surface area contributed by atoms with Gasteiger partial charge in [0, 0.05) is 16.0 Å². The summed E-state index contributed by atoms with van der Waals surface area (Å²) in [6.45, 7) is 6.10. The Morgan fingerprint density at radius 3 is 2.48 bits per heavy atom. The first kappa shape index (κ1) is 19.6. The number of carbonyl (C=O) groups is 1. The zero-order chi connectivity index (χ0) is 20.4. The summed E-state index contributed by atoms with van der Waals surface area (Å²) in [4.78, 5) is 23.5. The zero-order valence-electron chi connectivity index (χ0n) is 16.5. The SMILES string of the molecule is Cc1cc(C)c(NC(=O)CSc2ncnc3sc(-c4ccccc4)cc23)c(C)c1. The molecule has 146 valence electrons. The van der Waals surface area contributed by atoms with E-state index in [0.717, 1.165) is 42.5 Å². The van der Waals surface area contributed by atoms with E-state index in [9.17, 15) is 4.79 Å². The molecule has 2 aromatic carbocycles. The quantitative estimate of drug-likeness (QED) is 0.318. The van der Waals surface area contributed by atoms with Gasteiger partial charge in [-0.05, 0) is 43.5 Å². The van der Waals surface area contributed by atoms with Crippen LogP contribution in [0.2, 0.25) is 0 Å². The lowest BCUT2D eigenvalue weighted by Gasteiger charge is -2.12. The molecule has 0 unspecified atom stereocenters. The Labute approximate surface area is 178 Å². The summed E-state index contributed by atoms with van der Waals surface area (Å²) < 4.78 is 0. The zero-order valence-corrected chi connectivity index (χ0v) is 18.2. The largest absolute Gasteiger partial charge is 0.325 e. The molecule has 6 heteroatoms. The summed E-state index contributed by atoms with van der Waals surface area (Å²) in [5.41, 5.74) is 5.42. The Balaban J connectivity index is 1.51. The van der Waals surface area contributed by atoms with Crippen molar-refractivity contribution in [2.45, 2.75) is 25.8 Å². The molecule has 1 amide bonds. The third-order valence-corrected chi connectivity index (χ3v) is 6.73. The van der Waals surface area contributed by atoms with E-state index in [2.05, 4.69) is 52.5 Å². The Hall–Kier alpha value is -2.70. The summed E-state index contributed by atoms with van der Waals surface area (Å²) in [7, 11) is 0. The summed E-state index contributed by atoms with van der Waals surface area (Å²) in [5.74, 6) is 0.269. The van der Waals surface area contributed by atoms with Gasteiger partial charge in [-0.2, -0.15) is 0 Å². The van der Waals surface area contributed by atoms with E-state index >= 15 is 0 Å². The number of carbonyl (C=O) groups excluding carboxylic acids is 1. The molecule has 0 atom stereocenters. The van der Waals surface area contributed by atoms with E-state index in [0.29, 0.717) is 5.75 Å². The number of benzene rings is 2.